The number of thiophene rings is 1. The van der Waals surface area contributed by atoms with E-state index in [-0.39, 0.29) is 11.9 Å². The number of anilines is 1. The average Bonchev–Trinajstić information content (AvgIpc) is 3.42. The molecule has 4 aromatic rings. The number of nitrogens with zero attached hydrogens (tertiary/aromatic N) is 3. The van der Waals surface area contributed by atoms with Gasteiger partial charge in [-0.25, -0.2) is 4.98 Å². The van der Waals surface area contributed by atoms with E-state index < -0.39 is 0 Å². The Kier molecular flexibility index (Phi) is 5.38. The summed E-state index contributed by atoms with van der Waals surface area (Å²) >= 11 is 1.58. The van der Waals surface area contributed by atoms with Gasteiger partial charge in [0.2, 0.25) is 0 Å². The molecule has 1 unspecified atom stereocenters. The Labute approximate surface area is 185 Å². The largest absolute Gasteiger partial charge is 0.375 e. The van der Waals surface area contributed by atoms with Crippen LogP contribution in [0.4, 0.5) is 5.69 Å². The number of H-pyrrole nitrogens is 1. The van der Waals surface area contributed by atoms with E-state index in [0.717, 1.165) is 70.2 Å². The van der Waals surface area contributed by atoms with Gasteiger partial charge in [0, 0.05) is 36.6 Å². The Morgan fingerprint density at radius 1 is 1.16 bits per heavy atom. The first-order valence-electron chi connectivity index (χ1n) is 10.9. The molecule has 0 spiro atoms. The number of carbonyl (C=O) groups is 1. The van der Waals surface area contributed by atoms with Crippen LogP contribution in [0.3, 0.4) is 0 Å². The monoisotopic (exact) mass is 433 g/mol. The number of para-hydroxylation sites is 2. The number of amides is 1. The van der Waals surface area contributed by atoms with Crippen molar-refractivity contribution in [3.8, 4) is 0 Å². The quantitative estimate of drug-likeness (QED) is 0.478. The number of hydrogen-bond donors (Lipinski definition) is 2. The summed E-state index contributed by atoms with van der Waals surface area (Å²) in [6, 6.07) is 16.4. The van der Waals surface area contributed by atoms with Crippen molar-refractivity contribution in [1.29, 1.82) is 0 Å². The minimum Gasteiger partial charge on any atom is -0.375 e. The molecule has 7 heteroatoms. The molecule has 6 nitrogen and oxygen atoms in total. The van der Waals surface area contributed by atoms with E-state index in [1.54, 1.807) is 11.3 Å². The Morgan fingerprint density at radius 3 is 2.74 bits per heavy atom. The Morgan fingerprint density at radius 2 is 1.97 bits per heavy atom. The summed E-state index contributed by atoms with van der Waals surface area (Å²) < 4.78 is 1.14. The third kappa shape index (κ3) is 4.03. The van der Waals surface area contributed by atoms with E-state index in [4.69, 9.17) is 4.98 Å². The van der Waals surface area contributed by atoms with Gasteiger partial charge in [0.25, 0.3) is 5.91 Å². The highest BCUT2D eigenvalue weighted by atomic mass is 32.1. The molecule has 2 aromatic carbocycles. The van der Waals surface area contributed by atoms with Gasteiger partial charge >= 0.3 is 0 Å². The SMILES string of the molecule is CCN1CCN(C(=O)c2cc3cc(NC(C)c4nc5ccccc5[nH]4)ccc3s2)CC1. The summed E-state index contributed by atoms with van der Waals surface area (Å²) in [6.07, 6.45) is 0. The second-order valence-corrected chi connectivity index (χ2v) is 9.18. The molecule has 1 amide bonds. The normalized spacial score (nSPS) is 16.1. The van der Waals surface area contributed by atoms with E-state index in [1.165, 1.54) is 0 Å². The van der Waals surface area contributed by atoms with Crippen LogP contribution < -0.4 is 5.32 Å². The van der Waals surface area contributed by atoms with Crippen LogP contribution in [0.2, 0.25) is 0 Å². The third-order valence-corrected chi connectivity index (χ3v) is 7.14. The van der Waals surface area contributed by atoms with Gasteiger partial charge in [0.1, 0.15) is 5.82 Å². The fourth-order valence-electron chi connectivity index (χ4n) is 4.16. The Hall–Kier alpha value is -2.90. The zero-order valence-corrected chi connectivity index (χ0v) is 18.7. The lowest BCUT2D eigenvalue weighted by Crippen LogP contribution is -2.48. The number of imidazole rings is 1. The number of hydrogen-bond acceptors (Lipinski definition) is 5. The molecule has 0 aliphatic carbocycles. The molecule has 1 fully saturated rings. The lowest BCUT2D eigenvalue weighted by molar-refractivity contribution is 0.0648. The highest BCUT2D eigenvalue weighted by molar-refractivity contribution is 7.20. The molecule has 3 heterocycles. The average molecular weight is 434 g/mol. The molecule has 31 heavy (non-hydrogen) atoms. The van der Waals surface area contributed by atoms with Crippen LogP contribution in [0.25, 0.3) is 21.1 Å². The number of piperazine rings is 1. The van der Waals surface area contributed by atoms with Crippen molar-refractivity contribution < 1.29 is 4.79 Å². The molecule has 2 N–H and O–H groups in total. The van der Waals surface area contributed by atoms with Crippen LogP contribution in [-0.2, 0) is 0 Å². The summed E-state index contributed by atoms with van der Waals surface area (Å²) in [4.78, 5) is 26.3. The number of aromatic amines is 1. The lowest BCUT2D eigenvalue weighted by Gasteiger charge is -2.33. The number of likely N-dealkylation sites (N-methyl/N-ethyl adjacent to an activating group) is 1. The molecule has 1 atom stereocenters. The van der Waals surface area contributed by atoms with E-state index >= 15 is 0 Å². The maximum absolute atomic E-state index is 13.0. The van der Waals surface area contributed by atoms with Crippen molar-refractivity contribution >= 4 is 44.1 Å². The van der Waals surface area contributed by atoms with Crippen molar-refractivity contribution in [3.05, 3.63) is 59.2 Å². The summed E-state index contributed by atoms with van der Waals surface area (Å²) in [5.41, 5.74) is 3.04. The maximum atomic E-state index is 13.0. The zero-order chi connectivity index (χ0) is 21.4. The fourth-order valence-corrected chi connectivity index (χ4v) is 5.17. The highest BCUT2D eigenvalue weighted by Crippen LogP contribution is 2.30. The van der Waals surface area contributed by atoms with E-state index in [0.29, 0.717) is 0 Å². The summed E-state index contributed by atoms with van der Waals surface area (Å²) in [6.45, 7) is 8.85. The van der Waals surface area contributed by atoms with Gasteiger partial charge in [-0.15, -0.1) is 11.3 Å². The number of benzene rings is 2. The van der Waals surface area contributed by atoms with Crippen LogP contribution in [0.15, 0.2) is 48.5 Å². The van der Waals surface area contributed by atoms with E-state index in [1.807, 2.05) is 35.2 Å². The van der Waals surface area contributed by atoms with Crippen molar-refractivity contribution in [3.63, 3.8) is 0 Å². The van der Waals surface area contributed by atoms with Gasteiger partial charge in [-0.05, 0) is 55.3 Å². The van der Waals surface area contributed by atoms with Gasteiger partial charge < -0.3 is 20.1 Å². The predicted octanol–water partition coefficient (Wildman–Crippen LogP) is 4.73. The molecule has 0 saturated carbocycles. The van der Waals surface area contributed by atoms with Crippen molar-refractivity contribution in [2.24, 2.45) is 0 Å². The molecular weight excluding hydrogens is 406 g/mol. The van der Waals surface area contributed by atoms with Gasteiger partial charge in [-0.2, -0.15) is 0 Å². The van der Waals surface area contributed by atoms with Crippen molar-refractivity contribution in [2.45, 2.75) is 19.9 Å². The molecule has 2 aromatic heterocycles. The summed E-state index contributed by atoms with van der Waals surface area (Å²) in [5.74, 6) is 1.07. The first-order valence-corrected chi connectivity index (χ1v) is 11.7. The first-order chi connectivity index (χ1) is 15.1. The van der Waals surface area contributed by atoms with E-state index in [2.05, 4.69) is 47.2 Å². The standard InChI is InChI=1S/C24H27N5OS/c1-3-28-10-12-29(13-11-28)24(30)22-15-17-14-18(8-9-21(17)31-22)25-16(2)23-26-19-6-4-5-7-20(19)27-23/h4-9,14-16,25H,3,10-13H2,1-2H3,(H,26,27). The molecule has 5 rings (SSSR count). The van der Waals surface area contributed by atoms with Crippen LogP contribution in [0.1, 0.15) is 35.4 Å². The van der Waals surface area contributed by atoms with Gasteiger partial charge in [-0.3, -0.25) is 4.79 Å². The van der Waals surface area contributed by atoms with Gasteiger partial charge in [-0.1, -0.05) is 19.1 Å². The van der Waals surface area contributed by atoms with Crippen LogP contribution in [-0.4, -0.2) is 58.4 Å². The summed E-state index contributed by atoms with van der Waals surface area (Å²) in [5, 5.41) is 4.63. The Balaban J connectivity index is 1.31. The molecule has 1 aliphatic heterocycles. The molecule has 1 aliphatic rings. The highest BCUT2D eigenvalue weighted by Gasteiger charge is 2.23. The predicted molar refractivity (Wildman–Crippen MR) is 128 cm³/mol. The molecule has 0 bridgehead atoms. The molecular formula is C24H27N5OS. The van der Waals surface area contributed by atoms with Crippen molar-refractivity contribution in [2.75, 3.05) is 38.0 Å². The third-order valence-electron chi connectivity index (χ3n) is 6.03. The second kappa shape index (κ2) is 8.32. The van der Waals surface area contributed by atoms with E-state index in [9.17, 15) is 4.79 Å². The zero-order valence-electron chi connectivity index (χ0n) is 17.9. The summed E-state index contributed by atoms with van der Waals surface area (Å²) in [7, 11) is 0. The molecule has 160 valence electrons. The van der Waals surface area contributed by atoms with Crippen LogP contribution in [0, 0.1) is 0 Å². The number of fused-ring (bicyclic) bond motifs is 2. The van der Waals surface area contributed by atoms with Crippen molar-refractivity contribution in [1.82, 2.24) is 19.8 Å². The van der Waals surface area contributed by atoms with Gasteiger partial charge in [0.15, 0.2) is 0 Å². The smallest absolute Gasteiger partial charge is 0.264 e. The minimum atomic E-state index is 0.0412. The topological polar surface area (TPSA) is 64.3 Å². The first kappa shape index (κ1) is 20.0. The minimum absolute atomic E-state index is 0.0412. The fraction of sp³-hybridized carbons (Fsp3) is 0.333. The number of nitrogens with one attached hydrogen (secondary N) is 2. The van der Waals surface area contributed by atoms with Crippen LogP contribution in [0.5, 0.6) is 0 Å². The van der Waals surface area contributed by atoms with Gasteiger partial charge in [0.05, 0.1) is 22.0 Å². The van der Waals surface area contributed by atoms with Crippen LogP contribution >= 0.6 is 11.3 Å². The number of carbonyl (C=O) groups excluding carboxylic acids is 1. The lowest BCUT2D eigenvalue weighted by atomic mass is 10.2. The maximum Gasteiger partial charge on any atom is 0.264 e. The molecule has 0 radical (unpaired) electrons. The Bertz CT molecular complexity index is 1190. The molecule has 1 saturated heterocycles. The number of rotatable bonds is 5. The number of aromatic nitrogens is 2. The second-order valence-electron chi connectivity index (χ2n) is 8.09.